The summed E-state index contributed by atoms with van der Waals surface area (Å²) in [5.74, 6) is -0.168. The molecule has 0 radical (unpaired) electrons. The zero-order valence-electron chi connectivity index (χ0n) is 17.9. The molecule has 2 heterocycles. The van der Waals surface area contributed by atoms with Crippen molar-refractivity contribution in [2.24, 2.45) is 0 Å². The Morgan fingerprint density at radius 3 is 2.62 bits per heavy atom. The summed E-state index contributed by atoms with van der Waals surface area (Å²) in [5, 5.41) is 2.98. The van der Waals surface area contributed by atoms with Gasteiger partial charge in [-0.2, -0.15) is 0 Å². The van der Waals surface area contributed by atoms with Crippen LogP contribution in [0.2, 0.25) is 0 Å². The van der Waals surface area contributed by atoms with Crippen LogP contribution in [0.15, 0.2) is 12.4 Å². The van der Waals surface area contributed by atoms with Crippen LogP contribution >= 0.6 is 0 Å². The minimum atomic E-state index is -0.153. The van der Waals surface area contributed by atoms with Gasteiger partial charge < -0.3 is 19.9 Å². The van der Waals surface area contributed by atoms with Crippen LogP contribution in [0.1, 0.15) is 55.2 Å². The lowest BCUT2D eigenvalue weighted by Gasteiger charge is -2.24. The second-order valence-corrected chi connectivity index (χ2v) is 7.61. The van der Waals surface area contributed by atoms with Gasteiger partial charge in [-0.15, -0.1) is 0 Å². The van der Waals surface area contributed by atoms with E-state index in [9.17, 15) is 9.59 Å². The van der Waals surface area contributed by atoms with Gasteiger partial charge in [0.1, 0.15) is 18.8 Å². The van der Waals surface area contributed by atoms with Gasteiger partial charge in [-0.3, -0.25) is 14.6 Å². The molecule has 1 aliphatic rings. The van der Waals surface area contributed by atoms with E-state index < -0.39 is 0 Å². The SMILES string of the molecule is CCCCCCN(CCC(=O)NCC[NH+]1CCOCC1)C(=O)c1cnc(C)cn1. The van der Waals surface area contributed by atoms with Gasteiger partial charge in [-0.1, -0.05) is 26.2 Å². The fourth-order valence-electron chi connectivity index (χ4n) is 3.32. The fourth-order valence-corrected chi connectivity index (χ4v) is 3.32. The molecule has 1 fully saturated rings. The first-order chi connectivity index (χ1) is 14.1. The molecule has 2 amide bonds. The third-order valence-corrected chi connectivity index (χ3v) is 5.18. The van der Waals surface area contributed by atoms with E-state index in [0.29, 0.717) is 31.7 Å². The topological polar surface area (TPSA) is 88.9 Å². The summed E-state index contributed by atoms with van der Waals surface area (Å²) in [6.07, 6.45) is 7.72. The number of nitrogens with zero attached hydrogens (tertiary/aromatic N) is 3. The molecule has 29 heavy (non-hydrogen) atoms. The van der Waals surface area contributed by atoms with Gasteiger partial charge in [0.05, 0.1) is 38.2 Å². The first-order valence-electron chi connectivity index (χ1n) is 10.9. The maximum absolute atomic E-state index is 12.8. The van der Waals surface area contributed by atoms with Crippen molar-refractivity contribution < 1.29 is 19.2 Å². The smallest absolute Gasteiger partial charge is 0.274 e. The zero-order chi connectivity index (χ0) is 20.9. The van der Waals surface area contributed by atoms with Crippen molar-refractivity contribution in [3.05, 3.63) is 23.8 Å². The van der Waals surface area contributed by atoms with Gasteiger partial charge in [-0.05, 0) is 13.3 Å². The van der Waals surface area contributed by atoms with Gasteiger partial charge in [-0.25, -0.2) is 4.98 Å². The predicted molar refractivity (Wildman–Crippen MR) is 111 cm³/mol. The number of unbranched alkanes of at least 4 members (excludes halogenated alkanes) is 3. The van der Waals surface area contributed by atoms with Crippen molar-refractivity contribution >= 4 is 11.8 Å². The van der Waals surface area contributed by atoms with Crippen LogP contribution in [0.5, 0.6) is 0 Å². The van der Waals surface area contributed by atoms with Crippen molar-refractivity contribution in [2.45, 2.75) is 46.0 Å². The number of morpholine rings is 1. The highest BCUT2D eigenvalue weighted by atomic mass is 16.5. The minimum absolute atomic E-state index is 0.0148. The lowest BCUT2D eigenvalue weighted by Crippen LogP contribution is -3.14. The molecule has 1 aromatic heterocycles. The molecule has 0 spiro atoms. The standard InChI is InChI=1S/C21H35N5O3/c1-3-4-5-6-9-26(21(28)19-17-23-18(2)16-24-19)10-7-20(27)22-8-11-25-12-14-29-15-13-25/h16-17H,3-15H2,1-2H3,(H,22,27)/p+1. The van der Waals surface area contributed by atoms with Crippen LogP contribution in [0.4, 0.5) is 0 Å². The van der Waals surface area contributed by atoms with Gasteiger partial charge in [0.2, 0.25) is 5.91 Å². The van der Waals surface area contributed by atoms with Gasteiger partial charge in [0.25, 0.3) is 5.91 Å². The van der Waals surface area contributed by atoms with Crippen molar-refractivity contribution in [1.29, 1.82) is 0 Å². The van der Waals surface area contributed by atoms with Crippen molar-refractivity contribution in [3.8, 4) is 0 Å². The molecule has 1 aliphatic heterocycles. The summed E-state index contributed by atoms with van der Waals surface area (Å²) >= 11 is 0. The Morgan fingerprint density at radius 2 is 1.93 bits per heavy atom. The summed E-state index contributed by atoms with van der Waals surface area (Å²) in [7, 11) is 0. The van der Waals surface area contributed by atoms with Crippen LogP contribution in [-0.4, -0.2) is 79.2 Å². The van der Waals surface area contributed by atoms with Crippen LogP contribution in [-0.2, 0) is 9.53 Å². The Kier molecular flexibility index (Phi) is 10.6. The number of amides is 2. The van der Waals surface area contributed by atoms with Crippen LogP contribution < -0.4 is 10.2 Å². The second kappa shape index (κ2) is 13.2. The Hall–Kier alpha value is -2.06. The quantitative estimate of drug-likeness (QED) is 0.485. The van der Waals surface area contributed by atoms with Crippen LogP contribution in [0.3, 0.4) is 0 Å². The molecule has 0 saturated carbocycles. The van der Waals surface area contributed by atoms with E-state index >= 15 is 0 Å². The van der Waals surface area contributed by atoms with Crippen molar-refractivity contribution in [2.75, 3.05) is 52.5 Å². The molecule has 0 atom stereocenters. The number of carbonyl (C=O) groups excluding carboxylic acids is 2. The number of ether oxygens (including phenoxy) is 1. The number of rotatable bonds is 12. The number of nitrogens with one attached hydrogen (secondary N) is 2. The molecule has 1 aromatic rings. The third-order valence-electron chi connectivity index (χ3n) is 5.18. The van der Waals surface area contributed by atoms with E-state index in [0.717, 1.165) is 64.2 Å². The fraction of sp³-hybridized carbons (Fsp3) is 0.714. The van der Waals surface area contributed by atoms with E-state index in [1.807, 2.05) is 6.92 Å². The van der Waals surface area contributed by atoms with E-state index in [4.69, 9.17) is 4.74 Å². The van der Waals surface area contributed by atoms with Gasteiger partial charge in [0, 0.05) is 25.7 Å². The summed E-state index contributed by atoms with van der Waals surface area (Å²) in [6.45, 7) is 10.2. The molecule has 8 nitrogen and oxygen atoms in total. The average molecular weight is 407 g/mol. The highest BCUT2D eigenvalue weighted by molar-refractivity contribution is 5.92. The van der Waals surface area contributed by atoms with E-state index in [1.54, 1.807) is 11.1 Å². The minimum Gasteiger partial charge on any atom is -0.370 e. The molecule has 162 valence electrons. The Bertz CT molecular complexity index is 617. The Balaban J connectivity index is 1.79. The zero-order valence-corrected chi connectivity index (χ0v) is 17.9. The third kappa shape index (κ3) is 8.87. The van der Waals surface area contributed by atoms with Crippen molar-refractivity contribution in [1.82, 2.24) is 20.2 Å². The lowest BCUT2D eigenvalue weighted by atomic mass is 10.2. The van der Waals surface area contributed by atoms with Crippen LogP contribution in [0, 0.1) is 6.92 Å². The van der Waals surface area contributed by atoms with Crippen LogP contribution in [0.25, 0.3) is 0 Å². The normalized spacial score (nSPS) is 14.6. The molecule has 0 aliphatic carbocycles. The number of carbonyl (C=O) groups is 2. The Morgan fingerprint density at radius 1 is 1.14 bits per heavy atom. The molecule has 2 rings (SSSR count). The van der Waals surface area contributed by atoms with Gasteiger partial charge >= 0.3 is 0 Å². The highest BCUT2D eigenvalue weighted by Gasteiger charge is 2.19. The number of aryl methyl sites for hydroxylation is 1. The molecular formula is C21H36N5O3+. The van der Waals surface area contributed by atoms with E-state index in [-0.39, 0.29) is 11.8 Å². The summed E-state index contributed by atoms with van der Waals surface area (Å²) in [5.41, 5.74) is 1.11. The number of hydrogen-bond acceptors (Lipinski definition) is 5. The second-order valence-electron chi connectivity index (χ2n) is 7.61. The molecule has 0 bridgehead atoms. The summed E-state index contributed by atoms with van der Waals surface area (Å²) in [4.78, 5) is 36.7. The molecule has 8 heteroatoms. The van der Waals surface area contributed by atoms with E-state index in [2.05, 4.69) is 22.2 Å². The molecule has 2 N–H and O–H groups in total. The lowest BCUT2D eigenvalue weighted by molar-refractivity contribution is -0.906. The van der Waals surface area contributed by atoms with E-state index in [1.165, 1.54) is 11.1 Å². The summed E-state index contributed by atoms with van der Waals surface area (Å²) in [6, 6.07) is 0. The Labute approximate surface area is 174 Å². The predicted octanol–water partition coefficient (Wildman–Crippen LogP) is 0.229. The number of hydrogen-bond donors (Lipinski definition) is 2. The first kappa shape index (κ1) is 23.2. The van der Waals surface area contributed by atoms with Gasteiger partial charge in [0.15, 0.2) is 0 Å². The van der Waals surface area contributed by atoms with Crippen molar-refractivity contribution in [3.63, 3.8) is 0 Å². The molecule has 1 saturated heterocycles. The average Bonchev–Trinajstić information content (AvgIpc) is 2.74. The first-order valence-corrected chi connectivity index (χ1v) is 10.9. The highest BCUT2D eigenvalue weighted by Crippen LogP contribution is 2.07. The number of aromatic nitrogens is 2. The largest absolute Gasteiger partial charge is 0.370 e. The molecular weight excluding hydrogens is 370 g/mol. The summed E-state index contributed by atoms with van der Waals surface area (Å²) < 4.78 is 5.35. The molecule has 0 unspecified atom stereocenters. The maximum Gasteiger partial charge on any atom is 0.274 e. The number of quaternary nitrogens is 1. The monoisotopic (exact) mass is 406 g/mol. The molecule has 0 aromatic carbocycles. The maximum atomic E-state index is 12.8.